The number of carbonyl (C=O) groups is 1. The van der Waals surface area contributed by atoms with E-state index in [1.807, 2.05) is 24.1 Å². The molecule has 0 spiro atoms. The lowest BCUT2D eigenvalue weighted by Gasteiger charge is -2.36. The Bertz CT molecular complexity index is 611. The Morgan fingerprint density at radius 1 is 1.08 bits per heavy atom. The molecule has 0 aromatic heterocycles. The average Bonchev–Trinajstić information content (AvgIpc) is 3.04. The second kappa shape index (κ2) is 7.57. The fourth-order valence-corrected chi connectivity index (χ4v) is 4.85. The van der Waals surface area contributed by atoms with Gasteiger partial charge in [0.15, 0.2) is 0 Å². The smallest absolute Gasteiger partial charge is 0.253 e. The van der Waals surface area contributed by atoms with Crippen LogP contribution in [-0.2, 0) is 0 Å². The number of hydrogen-bond donors (Lipinski definition) is 1. The first-order chi connectivity index (χ1) is 12.6. The summed E-state index contributed by atoms with van der Waals surface area (Å²) in [6.45, 7) is 7.74. The van der Waals surface area contributed by atoms with Gasteiger partial charge in [-0.05, 0) is 56.5 Å². The number of hydrogen-bond acceptors (Lipinski definition) is 4. The van der Waals surface area contributed by atoms with Crippen LogP contribution in [0.5, 0.6) is 0 Å². The van der Waals surface area contributed by atoms with Gasteiger partial charge < -0.3 is 20.0 Å². The van der Waals surface area contributed by atoms with Gasteiger partial charge in [0.05, 0.1) is 0 Å². The summed E-state index contributed by atoms with van der Waals surface area (Å²) in [5, 5.41) is 3.66. The van der Waals surface area contributed by atoms with E-state index in [4.69, 9.17) is 0 Å². The first kappa shape index (κ1) is 17.8. The average molecular weight is 357 g/mol. The van der Waals surface area contributed by atoms with Gasteiger partial charge in [-0.1, -0.05) is 6.92 Å². The van der Waals surface area contributed by atoms with Crippen LogP contribution < -0.4 is 10.2 Å². The molecule has 5 nitrogen and oxygen atoms in total. The molecule has 1 amide bonds. The minimum atomic E-state index is 0.165. The van der Waals surface area contributed by atoms with Gasteiger partial charge in [-0.25, -0.2) is 0 Å². The van der Waals surface area contributed by atoms with Gasteiger partial charge in [0.2, 0.25) is 0 Å². The van der Waals surface area contributed by atoms with Crippen molar-refractivity contribution in [2.24, 2.45) is 0 Å². The van der Waals surface area contributed by atoms with Crippen molar-refractivity contribution in [3.05, 3.63) is 29.8 Å². The zero-order valence-corrected chi connectivity index (χ0v) is 16.2. The van der Waals surface area contributed by atoms with Crippen molar-refractivity contribution >= 4 is 11.6 Å². The van der Waals surface area contributed by atoms with Gasteiger partial charge in [-0.3, -0.25) is 4.79 Å². The summed E-state index contributed by atoms with van der Waals surface area (Å²) in [5.74, 6) is 0.165. The number of piperidine rings is 1. The Morgan fingerprint density at radius 2 is 1.69 bits per heavy atom. The summed E-state index contributed by atoms with van der Waals surface area (Å²) in [5.41, 5.74) is 2.05. The highest BCUT2D eigenvalue weighted by Crippen LogP contribution is 2.30. The van der Waals surface area contributed by atoms with Crippen molar-refractivity contribution in [1.82, 2.24) is 15.1 Å². The number of benzene rings is 1. The van der Waals surface area contributed by atoms with Crippen LogP contribution in [0.1, 0.15) is 43.0 Å². The maximum Gasteiger partial charge on any atom is 0.253 e. The lowest BCUT2D eigenvalue weighted by Crippen LogP contribution is -2.48. The van der Waals surface area contributed by atoms with Crippen molar-refractivity contribution < 1.29 is 4.79 Å². The predicted molar refractivity (Wildman–Crippen MR) is 106 cm³/mol. The summed E-state index contributed by atoms with van der Waals surface area (Å²) in [7, 11) is 1.98. The molecule has 2 unspecified atom stereocenters. The van der Waals surface area contributed by atoms with E-state index in [1.54, 1.807) is 0 Å². The van der Waals surface area contributed by atoms with E-state index in [0.717, 1.165) is 51.1 Å². The second-order valence-electron chi connectivity index (χ2n) is 8.15. The molecule has 0 radical (unpaired) electrons. The molecule has 3 aliphatic rings. The quantitative estimate of drug-likeness (QED) is 0.898. The van der Waals surface area contributed by atoms with Crippen molar-refractivity contribution in [2.45, 2.75) is 50.7 Å². The first-order valence-electron chi connectivity index (χ1n) is 10.2. The zero-order chi connectivity index (χ0) is 18.1. The van der Waals surface area contributed by atoms with Gasteiger partial charge in [-0.2, -0.15) is 0 Å². The molecule has 2 atom stereocenters. The van der Waals surface area contributed by atoms with E-state index in [-0.39, 0.29) is 5.91 Å². The van der Waals surface area contributed by atoms with Gasteiger partial charge in [0.1, 0.15) is 0 Å². The van der Waals surface area contributed by atoms with Crippen molar-refractivity contribution in [3.63, 3.8) is 0 Å². The van der Waals surface area contributed by atoms with Gasteiger partial charge in [-0.15, -0.1) is 0 Å². The number of piperazine rings is 1. The number of amides is 1. The van der Waals surface area contributed by atoms with E-state index >= 15 is 0 Å². The van der Waals surface area contributed by atoms with Crippen LogP contribution in [-0.4, -0.2) is 73.6 Å². The molecule has 4 rings (SSSR count). The van der Waals surface area contributed by atoms with Crippen molar-refractivity contribution in [1.29, 1.82) is 0 Å². The van der Waals surface area contributed by atoms with Crippen molar-refractivity contribution in [3.8, 4) is 0 Å². The highest BCUT2D eigenvalue weighted by Gasteiger charge is 2.36. The Balaban J connectivity index is 1.38. The molecular weight excluding hydrogens is 324 g/mol. The van der Waals surface area contributed by atoms with Crippen LogP contribution in [0.25, 0.3) is 0 Å². The topological polar surface area (TPSA) is 38.8 Å². The van der Waals surface area contributed by atoms with Crippen LogP contribution in [0.3, 0.4) is 0 Å². The third-order valence-corrected chi connectivity index (χ3v) is 6.62. The molecule has 0 aliphatic carbocycles. The molecule has 3 heterocycles. The van der Waals surface area contributed by atoms with Crippen LogP contribution >= 0.6 is 0 Å². The summed E-state index contributed by atoms with van der Waals surface area (Å²) < 4.78 is 0. The van der Waals surface area contributed by atoms with E-state index in [2.05, 4.69) is 34.2 Å². The largest absolute Gasteiger partial charge is 0.369 e. The molecule has 3 aliphatic heterocycles. The van der Waals surface area contributed by atoms with Gasteiger partial charge >= 0.3 is 0 Å². The lowest BCUT2D eigenvalue weighted by atomic mass is 9.98. The predicted octanol–water partition coefficient (Wildman–Crippen LogP) is 2.18. The number of likely N-dealkylation sites (N-methyl/N-ethyl adjacent to an activating group) is 1. The maximum absolute atomic E-state index is 12.9. The van der Waals surface area contributed by atoms with Crippen molar-refractivity contribution in [2.75, 3.05) is 44.7 Å². The van der Waals surface area contributed by atoms with Crippen LogP contribution in [0.15, 0.2) is 24.3 Å². The molecule has 26 heavy (non-hydrogen) atoms. The highest BCUT2D eigenvalue weighted by molar-refractivity contribution is 5.94. The Kier molecular flexibility index (Phi) is 5.18. The summed E-state index contributed by atoms with van der Waals surface area (Å²) in [6, 6.07) is 9.86. The minimum Gasteiger partial charge on any atom is -0.369 e. The molecule has 5 heteroatoms. The Hall–Kier alpha value is -1.59. The lowest BCUT2D eigenvalue weighted by molar-refractivity contribution is 0.0681. The number of nitrogens with one attached hydrogen (secondary N) is 1. The highest BCUT2D eigenvalue weighted by atomic mass is 16.2. The fourth-order valence-electron chi connectivity index (χ4n) is 4.85. The fraction of sp³-hybridized carbons (Fsp3) is 0.667. The number of anilines is 1. The zero-order valence-electron chi connectivity index (χ0n) is 16.2. The molecule has 142 valence electrons. The number of nitrogens with zero attached hydrogens (tertiary/aromatic N) is 3. The van der Waals surface area contributed by atoms with E-state index < -0.39 is 0 Å². The molecule has 1 aromatic rings. The normalized spacial score (nSPS) is 29.0. The SMILES string of the molecule is CCN1CCN(c2ccc(C(=O)N(C)C3CC4CCC(C3)N4)cc2)CC1. The molecule has 1 N–H and O–H groups in total. The monoisotopic (exact) mass is 356 g/mol. The molecule has 2 bridgehead atoms. The number of rotatable bonds is 4. The Morgan fingerprint density at radius 3 is 2.27 bits per heavy atom. The first-order valence-corrected chi connectivity index (χ1v) is 10.2. The summed E-state index contributed by atoms with van der Waals surface area (Å²) >= 11 is 0. The minimum absolute atomic E-state index is 0.165. The second-order valence-corrected chi connectivity index (χ2v) is 8.15. The van der Waals surface area contributed by atoms with Gasteiger partial charge in [0.25, 0.3) is 5.91 Å². The van der Waals surface area contributed by atoms with E-state index in [1.165, 1.54) is 18.5 Å². The van der Waals surface area contributed by atoms with Crippen LogP contribution in [0, 0.1) is 0 Å². The van der Waals surface area contributed by atoms with E-state index in [9.17, 15) is 4.79 Å². The molecule has 3 saturated heterocycles. The number of fused-ring (bicyclic) bond motifs is 2. The van der Waals surface area contributed by atoms with Crippen LogP contribution in [0.4, 0.5) is 5.69 Å². The summed E-state index contributed by atoms with van der Waals surface area (Å²) in [4.78, 5) is 19.8. The van der Waals surface area contributed by atoms with Crippen LogP contribution in [0.2, 0.25) is 0 Å². The standard InChI is InChI=1S/C21H32N4O/c1-3-24-10-12-25(13-11-24)19-8-4-16(5-9-19)21(26)23(2)20-14-17-6-7-18(15-20)22-17/h4-5,8-9,17-18,20,22H,3,6-7,10-15H2,1-2H3. The number of carbonyl (C=O) groups excluding carboxylic acids is 1. The molecular formula is C21H32N4O. The van der Waals surface area contributed by atoms with E-state index in [0.29, 0.717) is 18.1 Å². The molecule has 0 saturated carbocycles. The summed E-state index contributed by atoms with van der Waals surface area (Å²) in [6.07, 6.45) is 4.73. The maximum atomic E-state index is 12.9. The Labute approximate surface area is 157 Å². The third-order valence-electron chi connectivity index (χ3n) is 6.62. The van der Waals surface area contributed by atoms with Gasteiger partial charge in [0, 0.05) is 62.6 Å². The third kappa shape index (κ3) is 3.60. The molecule has 1 aromatic carbocycles. The molecule has 3 fully saturated rings.